The Morgan fingerprint density at radius 2 is 2.05 bits per heavy atom. The van der Waals surface area contributed by atoms with Crippen LogP contribution in [0, 0.1) is 5.92 Å². The number of carbonyl (C=O) groups is 1. The van der Waals surface area contributed by atoms with Crippen LogP contribution in [0.4, 0.5) is 0 Å². The summed E-state index contributed by atoms with van der Waals surface area (Å²) >= 11 is 7.49. The fourth-order valence-corrected chi connectivity index (χ4v) is 2.79. The van der Waals surface area contributed by atoms with Crippen molar-refractivity contribution in [3.8, 4) is 0 Å². The summed E-state index contributed by atoms with van der Waals surface area (Å²) in [7, 11) is 0. The normalized spacial score (nSPS) is 11.9. The molecule has 5 heteroatoms. The van der Waals surface area contributed by atoms with Gasteiger partial charge in [-0.2, -0.15) is 0 Å². The number of ether oxygens (including phenoxy) is 1. The van der Waals surface area contributed by atoms with E-state index < -0.39 is 0 Å². The van der Waals surface area contributed by atoms with Gasteiger partial charge in [0, 0.05) is 11.9 Å². The summed E-state index contributed by atoms with van der Waals surface area (Å²) in [5.41, 5.74) is 0.985. The molecule has 0 spiro atoms. The second kappa shape index (κ2) is 8.05. The standard InChI is InChI=1S/C16H16ClNO2S/c1-12(11-21-15-14(17)8-5-9-18-15)16(19)20-10-13-6-3-2-4-7-13/h2-9,12H,10-11H2,1H3. The monoisotopic (exact) mass is 321 g/mol. The highest BCUT2D eigenvalue weighted by atomic mass is 35.5. The summed E-state index contributed by atoms with van der Waals surface area (Å²) < 4.78 is 5.30. The molecule has 21 heavy (non-hydrogen) atoms. The first-order valence-corrected chi connectivity index (χ1v) is 7.97. The number of benzene rings is 1. The molecule has 3 nitrogen and oxygen atoms in total. The number of hydrogen-bond acceptors (Lipinski definition) is 4. The molecular formula is C16H16ClNO2S. The van der Waals surface area contributed by atoms with Crippen molar-refractivity contribution in [2.45, 2.75) is 18.6 Å². The third kappa shape index (κ3) is 5.06. The third-order valence-corrected chi connectivity index (χ3v) is 4.50. The molecule has 1 aromatic heterocycles. The molecule has 0 N–H and O–H groups in total. The summed E-state index contributed by atoms with van der Waals surface area (Å²) in [4.78, 5) is 16.1. The Morgan fingerprint density at radius 1 is 1.29 bits per heavy atom. The van der Waals surface area contributed by atoms with Crippen molar-refractivity contribution >= 4 is 29.3 Å². The van der Waals surface area contributed by atoms with E-state index in [4.69, 9.17) is 16.3 Å². The Bertz CT molecular complexity index is 592. The molecule has 0 fully saturated rings. The van der Waals surface area contributed by atoms with Gasteiger partial charge < -0.3 is 4.74 Å². The van der Waals surface area contributed by atoms with Gasteiger partial charge in [0.1, 0.15) is 11.6 Å². The number of rotatable bonds is 6. The Labute approximate surface area is 133 Å². The van der Waals surface area contributed by atoms with Crippen LogP contribution in [0.15, 0.2) is 53.7 Å². The van der Waals surface area contributed by atoms with Crippen LogP contribution in [0.25, 0.3) is 0 Å². The van der Waals surface area contributed by atoms with Crippen molar-refractivity contribution in [2.24, 2.45) is 5.92 Å². The highest BCUT2D eigenvalue weighted by molar-refractivity contribution is 7.99. The lowest BCUT2D eigenvalue weighted by atomic mass is 10.2. The van der Waals surface area contributed by atoms with Gasteiger partial charge in [-0.15, -0.1) is 11.8 Å². The maximum atomic E-state index is 11.9. The lowest BCUT2D eigenvalue weighted by Gasteiger charge is -2.11. The lowest BCUT2D eigenvalue weighted by molar-refractivity contribution is -0.148. The van der Waals surface area contributed by atoms with E-state index in [0.29, 0.717) is 17.4 Å². The number of nitrogens with zero attached hydrogens (tertiary/aromatic N) is 1. The van der Waals surface area contributed by atoms with Crippen molar-refractivity contribution in [1.82, 2.24) is 4.98 Å². The predicted molar refractivity (Wildman–Crippen MR) is 85.4 cm³/mol. The van der Waals surface area contributed by atoms with Crippen LogP contribution < -0.4 is 0 Å². The summed E-state index contributed by atoms with van der Waals surface area (Å²) in [6.07, 6.45) is 1.69. The molecule has 0 bridgehead atoms. The number of thioether (sulfide) groups is 1. The molecule has 2 aromatic rings. The number of esters is 1. The first-order valence-electron chi connectivity index (χ1n) is 6.60. The zero-order valence-electron chi connectivity index (χ0n) is 11.7. The highest BCUT2D eigenvalue weighted by Crippen LogP contribution is 2.26. The van der Waals surface area contributed by atoms with Crippen LogP contribution in [0.3, 0.4) is 0 Å². The molecular weight excluding hydrogens is 306 g/mol. The summed E-state index contributed by atoms with van der Waals surface area (Å²) in [6.45, 7) is 2.15. The zero-order chi connectivity index (χ0) is 15.1. The van der Waals surface area contributed by atoms with Crippen molar-refractivity contribution in [2.75, 3.05) is 5.75 Å². The minimum Gasteiger partial charge on any atom is -0.461 e. The molecule has 1 atom stereocenters. The lowest BCUT2D eigenvalue weighted by Crippen LogP contribution is -2.16. The van der Waals surface area contributed by atoms with Gasteiger partial charge in [0.2, 0.25) is 0 Å². The van der Waals surface area contributed by atoms with E-state index in [1.165, 1.54) is 11.8 Å². The number of hydrogen-bond donors (Lipinski definition) is 0. The summed E-state index contributed by atoms with van der Waals surface area (Å²) in [6, 6.07) is 13.2. The minimum absolute atomic E-state index is 0.210. The maximum Gasteiger partial charge on any atom is 0.309 e. The van der Waals surface area contributed by atoms with Crippen molar-refractivity contribution in [1.29, 1.82) is 0 Å². The summed E-state index contributed by atoms with van der Waals surface area (Å²) in [5.74, 6) is 0.167. The molecule has 0 aliphatic rings. The number of halogens is 1. The van der Waals surface area contributed by atoms with Gasteiger partial charge in [0.05, 0.1) is 10.9 Å². The highest BCUT2D eigenvalue weighted by Gasteiger charge is 2.16. The SMILES string of the molecule is CC(CSc1ncccc1Cl)C(=O)OCc1ccccc1. The summed E-state index contributed by atoms with van der Waals surface area (Å²) in [5, 5.41) is 1.34. The predicted octanol–water partition coefficient (Wildman–Crippen LogP) is 4.21. The van der Waals surface area contributed by atoms with E-state index in [1.54, 1.807) is 18.3 Å². The molecule has 1 aromatic carbocycles. The largest absolute Gasteiger partial charge is 0.461 e. The molecule has 0 aliphatic carbocycles. The van der Waals surface area contributed by atoms with Gasteiger partial charge in [-0.1, -0.05) is 48.9 Å². The molecule has 1 heterocycles. The third-order valence-electron chi connectivity index (χ3n) is 2.82. The van der Waals surface area contributed by atoms with Gasteiger partial charge in [0.25, 0.3) is 0 Å². The second-order valence-electron chi connectivity index (χ2n) is 4.60. The molecule has 1 unspecified atom stereocenters. The van der Waals surface area contributed by atoms with E-state index in [-0.39, 0.29) is 11.9 Å². The topological polar surface area (TPSA) is 39.2 Å². The zero-order valence-corrected chi connectivity index (χ0v) is 13.2. The van der Waals surface area contributed by atoms with Crippen LogP contribution >= 0.6 is 23.4 Å². The first-order chi connectivity index (χ1) is 10.2. The quantitative estimate of drug-likeness (QED) is 0.590. The van der Waals surface area contributed by atoms with E-state index in [1.807, 2.05) is 37.3 Å². The number of carbonyl (C=O) groups excluding carboxylic acids is 1. The second-order valence-corrected chi connectivity index (χ2v) is 6.01. The first kappa shape index (κ1) is 15.9. The van der Waals surface area contributed by atoms with Gasteiger partial charge in [-0.3, -0.25) is 4.79 Å². The van der Waals surface area contributed by atoms with Crippen LogP contribution in [0.1, 0.15) is 12.5 Å². The van der Waals surface area contributed by atoms with Crippen LogP contribution in [-0.4, -0.2) is 16.7 Å². The molecule has 0 aliphatic heterocycles. The number of pyridine rings is 1. The Kier molecular flexibility index (Phi) is 6.08. The van der Waals surface area contributed by atoms with E-state index in [2.05, 4.69) is 4.98 Å². The van der Waals surface area contributed by atoms with Gasteiger partial charge >= 0.3 is 5.97 Å². The molecule has 0 saturated heterocycles. The molecule has 0 radical (unpaired) electrons. The smallest absolute Gasteiger partial charge is 0.309 e. The van der Waals surface area contributed by atoms with E-state index in [9.17, 15) is 4.79 Å². The van der Waals surface area contributed by atoms with Crippen LogP contribution in [0.5, 0.6) is 0 Å². The van der Waals surface area contributed by atoms with Crippen molar-refractivity contribution in [3.05, 3.63) is 59.2 Å². The van der Waals surface area contributed by atoms with Gasteiger partial charge in [-0.25, -0.2) is 4.98 Å². The van der Waals surface area contributed by atoms with Crippen molar-refractivity contribution < 1.29 is 9.53 Å². The Hall–Kier alpha value is -1.52. The molecule has 2 rings (SSSR count). The van der Waals surface area contributed by atoms with Crippen LogP contribution in [0.2, 0.25) is 5.02 Å². The van der Waals surface area contributed by atoms with E-state index >= 15 is 0 Å². The van der Waals surface area contributed by atoms with Gasteiger partial charge in [0.15, 0.2) is 0 Å². The fourth-order valence-electron chi connectivity index (χ4n) is 1.62. The van der Waals surface area contributed by atoms with E-state index in [0.717, 1.165) is 10.6 Å². The molecule has 0 amide bonds. The average molecular weight is 322 g/mol. The Morgan fingerprint density at radius 3 is 2.76 bits per heavy atom. The maximum absolute atomic E-state index is 11.9. The van der Waals surface area contributed by atoms with Gasteiger partial charge in [-0.05, 0) is 17.7 Å². The van der Waals surface area contributed by atoms with Crippen LogP contribution in [-0.2, 0) is 16.1 Å². The minimum atomic E-state index is -0.211. The molecule has 0 saturated carbocycles. The number of aromatic nitrogens is 1. The average Bonchev–Trinajstić information content (AvgIpc) is 2.52. The fraction of sp³-hybridized carbons (Fsp3) is 0.250. The van der Waals surface area contributed by atoms with Crippen molar-refractivity contribution in [3.63, 3.8) is 0 Å². The molecule has 110 valence electrons. The Balaban J connectivity index is 1.79.